The zero-order valence-corrected chi connectivity index (χ0v) is 8.19. The van der Waals surface area contributed by atoms with Crippen LogP contribution < -0.4 is 5.32 Å². The van der Waals surface area contributed by atoms with E-state index in [1.165, 1.54) is 0 Å². The molecule has 76 valence electrons. The van der Waals surface area contributed by atoms with Crippen LogP contribution in [0.15, 0.2) is 24.3 Å². The Morgan fingerprint density at radius 2 is 2.27 bits per heavy atom. The van der Waals surface area contributed by atoms with Crippen LogP contribution in [0, 0.1) is 0 Å². The van der Waals surface area contributed by atoms with Crippen LogP contribution in [0.1, 0.15) is 17.5 Å². The number of nitrogens with one attached hydrogen (secondary N) is 1. The van der Waals surface area contributed by atoms with Crippen LogP contribution in [0.2, 0.25) is 0 Å². The predicted octanol–water partition coefficient (Wildman–Crippen LogP) is 1.78. The van der Waals surface area contributed by atoms with Crippen molar-refractivity contribution in [2.45, 2.75) is 12.8 Å². The molecule has 0 atom stereocenters. The molecule has 2 rings (SSSR count). The molecule has 0 unspecified atom stereocenters. The highest BCUT2D eigenvalue weighted by Gasteiger charge is 2.16. The van der Waals surface area contributed by atoms with Crippen molar-refractivity contribution in [1.82, 2.24) is 0 Å². The number of anilines is 1. The average Bonchev–Trinajstić information content (AvgIpc) is 2.57. The molecule has 1 N–H and O–H groups in total. The predicted molar refractivity (Wildman–Crippen MR) is 58.5 cm³/mol. The van der Waals surface area contributed by atoms with Crippen molar-refractivity contribution in [2.24, 2.45) is 0 Å². The molecular weight excluding hydrogens is 190 g/mol. The monoisotopic (exact) mass is 201 g/mol. The van der Waals surface area contributed by atoms with Crippen LogP contribution >= 0.6 is 0 Å². The van der Waals surface area contributed by atoms with Gasteiger partial charge in [-0.15, -0.1) is 0 Å². The van der Waals surface area contributed by atoms with Crippen molar-refractivity contribution in [3.05, 3.63) is 35.4 Å². The molecule has 15 heavy (non-hydrogen) atoms. The van der Waals surface area contributed by atoms with Gasteiger partial charge in [-0.25, -0.2) is 0 Å². The van der Waals surface area contributed by atoms with Crippen LogP contribution in [-0.4, -0.2) is 12.2 Å². The molecule has 0 spiro atoms. The number of hydrogen-bond acceptors (Lipinski definition) is 2. The number of rotatable bonds is 3. The first-order valence-corrected chi connectivity index (χ1v) is 4.82. The summed E-state index contributed by atoms with van der Waals surface area (Å²) >= 11 is 0. The largest absolute Gasteiger partial charge is 0.326 e. The Morgan fingerprint density at radius 1 is 1.40 bits per heavy atom. The summed E-state index contributed by atoms with van der Waals surface area (Å²) in [5.74, 6) is 0.0408. The number of amides is 1. The molecule has 1 aliphatic rings. The third-order valence-corrected chi connectivity index (χ3v) is 2.30. The van der Waals surface area contributed by atoms with Crippen LogP contribution in [0.4, 0.5) is 5.69 Å². The van der Waals surface area contributed by atoms with Gasteiger partial charge in [0.25, 0.3) is 0 Å². The van der Waals surface area contributed by atoms with Gasteiger partial charge >= 0.3 is 0 Å². The Morgan fingerprint density at radius 3 is 3.07 bits per heavy atom. The maximum atomic E-state index is 11.1. The van der Waals surface area contributed by atoms with Gasteiger partial charge < -0.3 is 10.1 Å². The minimum atomic E-state index is 0.0408. The molecule has 1 heterocycles. The highest BCUT2D eigenvalue weighted by Crippen LogP contribution is 2.24. The van der Waals surface area contributed by atoms with Gasteiger partial charge in [-0.2, -0.15) is 0 Å². The summed E-state index contributed by atoms with van der Waals surface area (Å²) in [4.78, 5) is 21.2. The number of benzene rings is 1. The number of allylic oxidation sites excluding steroid dienone is 1. The average molecular weight is 201 g/mol. The minimum Gasteiger partial charge on any atom is -0.326 e. The SMILES string of the molecule is O=CCC=Cc1ccc2c(c1)CC(=O)N2. The van der Waals surface area contributed by atoms with Gasteiger partial charge in [0.1, 0.15) is 6.29 Å². The molecule has 3 heteroatoms. The molecule has 0 aromatic heterocycles. The lowest BCUT2D eigenvalue weighted by molar-refractivity contribution is -0.115. The van der Waals surface area contributed by atoms with Crippen molar-refractivity contribution in [1.29, 1.82) is 0 Å². The van der Waals surface area contributed by atoms with Crippen LogP contribution in [-0.2, 0) is 16.0 Å². The van der Waals surface area contributed by atoms with Gasteiger partial charge in [-0.1, -0.05) is 18.2 Å². The molecule has 1 aromatic rings. The zero-order valence-electron chi connectivity index (χ0n) is 8.19. The van der Waals surface area contributed by atoms with Crippen molar-refractivity contribution < 1.29 is 9.59 Å². The summed E-state index contributed by atoms with van der Waals surface area (Å²) < 4.78 is 0. The summed E-state index contributed by atoms with van der Waals surface area (Å²) in [6.07, 6.45) is 5.42. The minimum absolute atomic E-state index is 0.0408. The second kappa shape index (κ2) is 4.09. The molecule has 1 aromatic carbocycles. The van der Waals surface area contributed by atoms with Gasteiger partial charge in [0.2, 0.25) is 5.91 Å². The second-order valence-electron chi connectivity index (χ2n) is 3.45. The number of fused-ring (bicyclic) bond motifs is 1. The van der Waals surface area contributed by atoms with Gasteiger partial charge in [0.05, 0.1) is 6.42 Å². The molecule has 0 fully saturated rings. The quantitative estimate of drug-likeness (QED) is 0.758. The Labute approximate surface area is 87.8 Å². The van der Waals surface area contributed by atoms with E-state index in [4.69, 9.17) is 0 Å². The maximum absolute atomic E-state index is 11.1. The normalized spacial score (nSPS) is 14.0. The number of carbonyl (C=O) groups is 2. The van der Waals surface area contributed by atoms with E-state index in [9.17, 15) is 9.59 Å². The Balaban J connectivity index is 2.19. The molecule has 3 nitrogen and oxygen atoms in total. The van der Waals surface area contributed by atoms with Gasteiger partial charge in [0.15, 0.2) is 0 Å². The second-order valence-corrected chi connectivity index (χ2v) is 3.45. The van der Waals surface area contributed by atoms with E-state index in [-0.39, 0.29) is 5.91 Å². The molecule has 0 bridgehead atoms. The smallest absolute Gasteiger partial charge is 0.228 e. The lowest BCUT2D eigenvalue weighted by atomic mass is 10.1. The fourth-order valence-electron chi connectivity index (χ4n) is 1.61. The molecular formula is C12H11NO2. The van der Waals surface area contributed by atoms with E-state index in [1.807, 2.05) is 24.3 Å². The zero-order chi connectivity index (χ0) is 10.7. The van der Waals surface area contributed by atoms with Gasteiger partial charge in [0, 0.05) is 12.1 Å². The first-order valence-electron chi connectivity index (χ1n) is 4.82. The highest BCUT2D eigenvalue weighted by atomic mass is 16.1. The van der Waals surface area contributed by atoms with E-state index < -0.39 is 0 Å². The molecule has 1 aliphatic heterocycles. The molecule has 0 radical (unpaired) electrons. The van der Waals surface area contributed by atoms with Crippen LogP contribution in [0.3, 0.4) is 0 Å². The topological polar surface area (TPSA) is 46.2 Å². The first-order chi connectivity index (χ1) is 7.29. The van der Waals surface area contributed by atoms with Gasteiger partial charge in [-0.3, -0.25) is 4.79 Å². The van der Waals surface area contributed by atoms with Crippen molar-refractivity contribution in [3.63, 3.8) is 0 Å². The third-order valence-electron chi connectivity index (χ3n) is 2.30. The summed E-state index contributed by atoms with van der Waals surface area (Å²) in [5, 5.41) is 2.77. The number of aldehydes is 1. The van der Waals surface area contributed by atoms with Crippen molar-refractivity contribution in [3.8, 4) is 0 Å². The van der Waals surface area contributed by atoms with Crippen molar-refractivity contribution in [2.75, 3.05) is 5.32 Å². The summed E-state index contributed by atoms with van der Waals surface area (Å²) in [6.45, 7) is 0. The summed E-state index contributed by atoms with van der Waals surface area (Å²) in [5.41, 5.74) is 2.94. The molecule has 0 aliphatic carbocycles. The van der Waals surface area contributed by atoms with E-state index >= 15 is 0 Å². The standard InChI is InChI=1S/C12H11NO2/c14-6-2-1-3-9-4-5-11-10(7-9)8-12(15)13-11/h1,3-7H,2,8H2,(H,13,15). The number of carbonyl (C=O) groups excluding carboxylic acids is 2. The van der Waals surface area contributed by atoms with E-state index in [0.29, 0.717) is 12.8 Å². The maximum Gasteiger partial charge on any atom is 0.228 e. The molecule has 0 saturated carbocycles. The van der Waals surface area contributed by atoms with E-state index in [1.54, 1.807) is 6.08 Å². The van der Waals surface area contributed by atoms with E-state index in [2.05, 4.69) is 5.32 Å². The van der Waals surface area contributed by atoms with Crippen LogP contribution in [0.25, 0.3) is 6.08 Å². The lowest BCUT2D eigenvalue weighted by Crippen LogP contribution is -2.03. The Bertz CT molecular complexity index is 435. The summed E-state index contributed by atoms with van der Waals surface area (Å²) in [6, 6.07) is 5.78. The fraction of sp³-hybridized carbons (Fsp3) is 0.167. The molecule has 1 amide bonds. The fourth-order valence-corrected chi connectivity index (χ4v) is 1.61. The van der Waals surface area contributed by atoms with E-state index in [0.717, 1.165) is 23.1 Å². The third kappa shape index (κ3) is 2.13. The van der Waals surface area contributed by atoms with Crippen molar-refractivity contribution >= 4 is 24.0 Å². The lowest BCUT2D eigenvalue weighted by Gasteiger charge is -1.99. The Hall–Kier alpha value is -1.90. The highest BCUT2D eigenvalue weighted by molar-refractivity contribution is 5.99. The van der Waals surface area contributed by atoms with Crippen LogP contribution in [0.5, 0.6) is 0 Å². The first kappa shape index (κ1) is 9.65. The Kier molecular flexibility index (Phi) is 2.63. The molecule has 0 saturated heterocycles. The summed E-state index contributed by atoms with van der Waals surface area (Å²) in [7, 11) is 0. The number of hydrogen-bond donors (Lipinski definition) is 1. The van der Waals surface area contributed by atoms with Gasteiger partial charge in [-0.05, 0) is 23.3 Å².